The third-order valence-corrected chi connectivity index (χ3v) is 5.35. The molecule has 0 aromatic rings. The summed E-state index contributed by atoms with van der Waals surface area (Å²) in [4.78, 5) is 17.6. The first kappa shape index (κ1) is 16.8. The van der Waals surface area contributed by atoms with Crippen molar-refractivity contribution >= 4 is 5.91 Å². The van der Waals surface area contributed by atoms with Gasteiger partial charge >= 0.3 is 0 Å². The van der Waals surface area contributed by atoms with Gasteiger partial charge in [-0.3, -0.25) is 10.1 Å². The number of amides is 1. The molecular weight excluding hydrogens is 262 g/mol. The molecule has 4 heteroatoms. The summed E-state index contributed by atoms with van der Waals surface area (Å²) in [6.07, 6.45) is 3.20. The van der Waals surface area contributed by atoms with Gasteiger partial charge in [-0.05, 0) is 51.6 Å². The van der Waals surface area contributed by atoms with Crippen molar-refractivity contribution < 1.29 is 4.79 Å². The van der Waals surface area contributed by atoms with Crippen molar-refractivity contribution in [1.29, 1.82) is 0 Å². The monoisotopic (exact) mass is 295 g/mol. The maximum absolute atomic E-state index is 13.0. The van der Waals surface area contributed by atoms with Crippen molar-refractivity contribution in [2.24, 2.45) is 11.8 Å². The third kappa shape index (κ3) is 3.26. The molecule has 4 unspecified atom stereocenters. The average Bonchev–Trinajstić information content (AvgIpc) is 2.62. The number of carbonyl (C=O) groups excluding carboxylic acids is 1. The molecular formula is C17H33N3O. The second-order valence-corrected chi connectivity index (χ2v) is 7.78. The van der Waals surface area contributed by atoms with E-state index in [4.69, 9.17) is 0 Å². The summed E-state index contributed by atoms with van der Waals surface area (Å²) in [5.74, 6) is 1.46. The van der Waals surface area contributed by atoms with Gasteiger partial charge in [0.1, 0.15) is 0 Å². The van der Waals surface area contributed by atoms with E-state index in [9.17, 15) is 4.79 Å². The highest BCUT2D eigenvalue weighted by molar-refractivity contribution is 5.88. The maximum Gasteiger partial charge on any atom is 0.244 e. The van der Waals surface area contributed by atoms with E-state index in [1.807, 2.05) is 0 Å². The Kier molecular flexibility index (Phi) is 4.99. The fourth-order valence-corrected chi connectivity index (χ4v) is 3.93. The van der Waals surface area contributed by atoms with Crippen LogP contribution in [0.4, 0.5) is 0 Å². The fraction of sp³-hybridized carbons (Fsp3) is 0.941. The topological polar surface area (TPSA) is 35.6 Å². The van der Waals surface area contributed by atoms with Crippen LogP contribution in [0, 0.1) is 11.8 Å². The summed E-state index contributed by atoms with van der Waals surface area (Å²) >= 11 is 0. The van der Waals surface area contributed by atoms with Gasteiger partial charge in [0.2, 0.25) is 5.91 Å². The predicted molar refractivity (Wildman–Crippen MR) is 87.0 cm³/mol. The Balaban J connectivity index is 2.22. The number of nitrogens with zero attached hydrogens (tertiary/aromatic N) is 2. The van der Waals surface area contributed by atoms with Crippen LogP contribution < -0.4 is 5.32 Å². The highest BCUT2D eigenvalue weighted by Crippen LogP contribution is 2.33. The van der Waals surface area contributed by atoms with Crippen LogP contribution in [-0.2, 0) is 4.79 Å². The van der Waals surface area contributed by atoms with Gasteiger partial charge in [-0.1, -0.05) is 27.7 Å². The zero-order valence-electron chi connectivity index (χ0n) is 14.6. The molecule has 4 atom stereocenters. The first-order valence-corrected chi connectivity index (χ1v) is 8.57. The highest BCUT2D eigenvalue weighted by atomic mass is 16.2. The first-order valence-electron chi connectivity index (χ1n) is 8.57. The summed E-state index contributed by atoms with van der Waals surface area (Å²) < 4.78 is 0. The van der Waals surface area contributed by atoms with Crippen LogP contribution in [0.1, 0.15) is 53.9 Å². The molecule has 4 nitrogen and oxygen atoms in total. The van der Waals surface area contributed by atoms with E-state index in [0.717, 1.165) is 32.4 Å². The number of hydrogen-bond donors (Lipinski definition) is 1. The first-order chi connectivity index (χ1) is 9.78. The van der Waals surface area contributed by atoms with Crippen LogP contribution in [0.3, 0.4) is 0 Å². The fourth-order valence-electron chi connectivity index (χ4n) is 3.93. The van der Waals surface area contributed by atoms with E-state index in [1.165, 1.54) is 0 Å². The highest BCUT2D eigenvalue weighted by Gasteiger charge is 2.50. The Morgan fingerprint density at radius 1 is 1.43 bits per heavy atom. The Labute approximate surface area is 130 Å². The van der Waals surface area contributed by atoms with Crippen LogP contribution in [0.15, 0.2) is 0 Å². The number of likely N-dealkylation sites (tertiary alicyclic amines) is 1. The van der Waals surface area contributed by atoms with Crippen molar-refractivity contribution in [2.75, 3.05) is 20.1 Å². The van der Waals surface area contributed by atoms with Crippen molar-refractivity contribution in [3.05, 3.63) is 0 Å². The van der Waals surface area contributed by atoms with Gasteiger partial charge in [0, 0.05) is 12.6 Å². The van der Waals surface area contributed by atoms with E-state index >= 15 is 0 Å². The minimum absolute atomic E-state index is 0.207. The van der Waals surface area contributed by atoms with Crippen LogP contribution in [0.25, 0.3) is 0 Å². The number of hydrogen-bond acceptors (Lipinski definition) is 3. The second-order valence-electron chi connectivity index (χ2n) is 7.78. The van der Waals surface area contributed by atoms with Gasteiger partial charge in [0.25, 0.3) is 0 Å². The van der Waals surface area contributed by atoms with Crippen molar-refractivity contribution in [2.45, 2.75) is 71.6 Å². The largest absolute Gasteiger partial charge is 0.322 e. The normalized spacial score (nSPS) is 38.5. The number of rotatable bonds is 4. The second kappa shape index (κ2) is 6.25. The molecule has 122 valence electrons. The standard InChI is InChI=1S/C17H33N3O/c1-7-17(5)16(21)20(15(18-17)10-12(2)3)14-8-9-19(6)11-13(14)4/h12-15,18H,7-11H2,1-6H3. The smallest absolute Gasteiger partial charge is 0.244 e. The van der Waals surface area contributed by atoms with Crippen molar-refractivity contribution in [3.8, 4) is 0 Å². The van der Waals surface area contributed by atoms with E-state index in [-0.39, 0.29) is 11.7 Å². The number of nitrogens with one attached hydrogen (secondary N) is 1. The molecule has 2 fully saturated rings. The lowest BCUT2D eigenvalue weighted by Gasteiger charge is -2.42. The predicted octanol–water partition coefficient (Wildman–Crippen LogP) is 2.30. The van der Waals surface area contributed by atoms with Crippen molar-refractivity contribution in [3.63, 3.8) is 0 Å². The molecule has 1 N–H and O–H groups in total. The molecule has 0 radical (unpaired) electrons. The number of piperidine rings is 1. The van der Waals surface area contributed by atoms with Gasteiger partial charge in [0.05, 0.1) is 11.7 Å². The van der Waals surface area contributed by atoms with Crippen LogP contribution in [0.5, 0.6) is 0 Å². The summed E-state index contributed by atoms with van der Waals surface area (Å²) in [6, 6.07) is 0.387. The molecule has 2 rings (SSSR count). The van der Waals surface area contributed by atoms with Crippen LogP contribution in [-0.4, -0.2) is 53.6 Å². The van der Waals surface area contributed by atoms with Crippen molar-refractivity contribution in [1.82, 2.24) is 15.1 Å². The molecule has 2 aliphatic rings. The molecule has 0 spiro atoms. The van der Waals surface area contributed by atoms with E-state index in [2.05, 4.69) is 56.8 Å². The summed E-state index contributed by atoms with van der Waals surface area (Å²) in [5, 5.41) is 3.64. The molecule has 2 heterocycles. The minimum Gasteiger partial charge on any atom is -0.322 e. The van der Waals surface area contributed by atoms with Gasteiger partial charge in [-0.15, -0.1) is 0 Å². The zero-order valence-corrected chi connectivity index (χ0v) is 14.6. The maximum atomic E-state index is 13.0. The lowest BCUT2D eigenvalue weighted by atomic mass is 9.90. The summed E-state index contributed by atoms with van der Waals surface area (Å²) in [5.41, 5.74) is -0.372. The Hall–Kier alpha value is -0.610. The lowest BCUT2D eigenvalue weighted by molar-refractivity contribution is -0.137. The molecule has 2 saturated heterocycles. The third-order valence-electron chi connectivity index (χ3n) is 5.35. The van der Waals surface area contributed by atoms with Gasteiger partial charge in [-0.25, -0.2) is 0 Å². The molecule has 2 aliphatic heterocycles. The molecule has 1 amide bonds. The summed E-state index contributed by atoms with van der Waals surface area (Å²) in [7, 11) is 2.18. The molecule has 21 heavy (non-hydrogen) atoms. The van der Waals surface area contributed by atoms with Crippen LogP contribution in [0.2, 0.25) is 0 Å². The van der Waals surface area contributed by atoms with E-state index in [0.29, 0.717) is 23.8 Å². The number of carbonyl (C=O) groups is 1. The van der Waals surface area contributed by atoms with E-state index in [1.54, 1.807) is 0 Å². The molecule has 0 bridgehead atoms. The van der Waals surface area contributed by atoms with Gasteiger partial charge in [0.15, 0.2) is 0 Å². The zero-order chi connectivity index (χ0) is 15.8. The Morgan fingerprint density at radius 3 is 2.62 bits per heavy atom. The Morgan fingerprint density at radius 2 is 2.10 bits per heavy atom. The molecule has 0 aromatic carbocycles. The average molecular weight is 295 g/mol. The Bertz CT molecular complexity index is 384. The van der Waals surface area contributed by atoms with Gasteiger partial charge < -0.3 is 9.80 Å². The SMILES string of the molecule is CCC1(C)NC(CC(C)C)N(C2CCN(C)CC2C)C1=O. The lowest BCUT2D eigenvalue weighted by Crippen LogP contribution is -2.54. The quantitative estimate of drug-likeness (QED) is 0.864. The van der Waals surface area contributed by atoms with E-state index < -0.39 is 0 Å². The molecule has 0 aromatic heterocycles. The van der Waals surface area contributed by atoms with Gasteiger partial charge in [-0.2, -0.15) is 0 Å². The molecule has 0 aliphatic carbocycles. The summed E-state index contributed by atoms with van der Waals surface area (Å²) in [6.45, 7) is 13.1. The minimum atomic E-state index is -0.372. The van der Waals surface area contributed by atoms with Crippen LogP contribution >= 0.6 is 0 Å². The molecule has 0 saturated carbocycles.